The molecule has 0 aliphatic rings. The highest BCUT2D eigenvalue weighted by atomic mass is 16.1. The Labute approximate surface area is 115 Å². The first-order valence-corrected chi connectivity index (χ1v) is 6.70. The number of hydrogen-bond acceptors (Lipinski definition) is 2. The molecule has 0 spiro atoms. The van der Waals surface area contributed by atoms with Gasteiger partial charge in [0.15, 0.2) is 5.78 Å². The predicted molar refractivity (Wildman–Crippen MR) is 80.7 cm³/mol. The smallest absolute Gasteiger partial charge is 0.182 e. The van der Waals surface area contributed by atoms with E-state index in [0.29, 0.717) is 0 Å². The van der Waals surface area contributed by atoms with Gasteiger partial charge in [0.25, 0.3) is 0 Å². The Bertz CT molecular complexity index is 603. The van der Waals surface area contributed by atoms with Crippen LogP contribution in [-0.4, -0.2) is 30.3 Å². The van der Waals surface area contributed by atoms with E-state index in [1.165, 1.54) is 5.39 Å². The van der Waals surface area contributed by atoms with Crippen LogP contribution in [-0.2, 0) is 0 Å². The summed E-state index contributed by atoms with van der Waals surface area (Å²) in [6, 6.07) is 14.1. The maximum atomic E-state index is 12.7. The van der Waals surface area contributed by atoms with E-state index in [1.807, 2.05) is 62.3 Å². The third kappa shape index (κ3) is 2.41. The second-order valence-electron chi connectivity index (χ2n) is 5.41. The van der Waals surface area contributed by atoms with Crippen molar-refractivity contribution in [1.82, 2.24) is 4.90 Å². The first-order valence-electron chi connectivity index (χ1n) is 6.70. The Hall–Kier alpha value is -1.67. The lowest BCUT2D eigenvalue weighted by Crippen LogP contribution is -2.48. The second-order valence-corrected chi connectivity index (χ2v) is 5.41. The highest BCUT2D eigenvalue weighted by molar-refractivity contribution is 6.05. The maximum absolute atomic E-state index is 12.7. The molecule has 19 heavy (non-hydrogen) atoms. The van der Waals surface area contributed by atoms with Gasteiger partial charge in [0.05, 0.1) is 5.54 Å². The van der Waals surface area contributed by atoms with E-state index >= 15 is 0 Å². The Balaban J connectivity index is 2.46. The van der Waals surface area contributed by atoms with Crippen LogP contribution >= 0.6 is 0 Å². The van der Waals surface area contributed by atoms with Gasteiger partial charge in [0.1, 0.15) is 0 Å². The van der Waals surface area contributed by atoms with E-state index in [4.69, 9.17) is 0 Å². The van der Waals surface area contributed by atoms with E-state index in [9.17, 15) is 4.79 Å². The van der Waals surface area contributed by atoms with Gasteiger partial charge < -0.3 is 0 Å². The molecule has 2 rings (SSSR count). The van der Waals surface area contributed by atoms with Crippen molar-refractivity contribution in [2.24, 2.45) is 0 Å². The number of nitrogens with zero attached hydrogens (tertiary/aromatic N) is 1. The van der Waals surface area contributed by atoms with Crippen LogP contribution in [0.25, 0.3) is 10.8 Å². The van der Waals surface area contributed by atoms with Gasteiger partial charge in [0, 0.05) is 5.56 Å². The molecule has 0 aliphatic heterocycles. The van der Waals surface area contributed by atoms with Gasteiger partial charge in [-0.1, -0.05) is 43.3 Å². The Morgan fingerprint density at radius 3 is 2.32 bits per heavy atom. The zero-order valence-corrected chi connectivity index (χ0v) is 12.1. The summed E-state index contributed by atoms with van der Waals surface area (Å²) in [4.78, 5) is 14.7. The molecule has 0 saturated heterocycles. The molecule has 1 atom stereocenters. The Morgan fingerprint density at radius 1 is 1.11 bits per heavy atom. The van der Waals surface area contributed by atoms with Gasteiger partial charge >= 0.3 is 0 Å². The summed E-state index contributed by atoms with van der Waals surface area (Å²) in [6.07, 6.45) is 0.797. The number of fused-ring (bicyclic) bond motifs is 1. The van der Waals surface area contributed by atoms with Crippen LogP contribution in [0.2, 0.25) is 0 Å². The van der Waals surface area contributed by atoms with Gasteiger partial charge in [-0.2, -0.15) is 0 Å². The van der Waals surface area contributed by atoms with Crippen molar-refractivity contribution in [3.05, 3.63) is 48.0 Å². The molecule has 2 aromatic carbocycles. The molecule has 0 heterocycles. The number of benzene rings is 2. The van der Waals surface area contributed by atoms with E-state index in [-0.39, 0.29) is 5.78 Å². The summed E-state index contributed by atoms with van der Waals surface area (Å²) >= 11 is 0. The van der Waals surface area contributed by atoms with Crippen molar-refractivity contribution in [1.29, 1.82) is 0 Å². The molecule has 2 aromatic rings. The summed E-state index contributed by atoms with van der Waals surface area (Å²) in [7, 11) is 3.92. The largest absolute Gasteiger partial charge is 0.297 e. The third-order valence-corrected chi connectivity index (χ3v) is 4.18. The molecule has 0 fully saturated rings. The summed E-state index contributed by atoms with van der Waals surface area (Å²) in [6.45, 7) is 4.06. The van der Waals surface area contributed by atoms with Crippen LogP contribution in [0, 0.1) is 0 Å². The average Bonchev–Trinajstić information content (AvgIpc) is 2.44. The molecule has 1 unspecified atom stereocenters. The monoisotopic (exact) mass is 255 g/mol. The molecule has 0 N–H and O–H groups in total. The summed E-state index contributed by atoms with van der Waals surface area (Å²) < 4.78 is 0. The summed E-state index contributed by atoms with van der Waals surface area (Å²) in [5, 5.41) is 2.28. The van der Waals surface area contributed by atoms with E-state index in [1.54, 1.807) is 0 Å². The highest BCUT2D eigenvalue weighted by Crippen LogP contribution is 2.24. The molecule has 0 aliphatic carbocycles. The third-order valence-electron chi connectivity index (χ3n) is 4.18. The quantitative estimate of drug-likeness (QED) is 0.775. The van der Waals surface area contributed by atoms with Crippen LogP contribution in [0.1, 0.15) is 30.6 Å². The van der Waals surface area contributed by atoms with Gasteiger partial charge in [-0.3, -0.25) is 9.69 Å². The molecule has 0 radical (unpaired) electrons. The topological polar surface area (TPSA) is 20.3 Å². The first-order chi connectivity index (χ1) is 8.99. The minimum absolute atomic E-state index is 0.186. The molecule has 0 amide bonds. The normalized spacial score (nSPS) is 14.6. The number of carbonyl (C=O) groups excluding carboxylic acids is 1. The van der Waals surface area contributed by atoms with E-state index in [0.717, 1.165) is 17.4 Å². The predicted octanol–water partition coefficient (Wildman–Crippen LogP) is 3.75. The average molecular weight is 255 g/mol. The summed E-state index contributed by atoms with van der Waals surface area (Å²) in [5.41, 5.74) is 0.347. The molecule has 0 aromatic heterocycles. The van der Waals surface area contributed by atoms with Crippen LogP contribution < -0.4 is 0 Å². The van der Waals surface area contributed by atoms with Gasteiger partial charge in [-0.15, -0.1) is 0 Å². The van der Waals surface area contributed by atoms with Gasteiger partial charge in [-0.05, 0) is 44.3 Å². The number of hydrogen-bond donors (Lipinski definition) is 0. The fourth-order valence-corrected chi connectivity index (χ4v) is 2.32. The van der Waals surface area contributed by atoms with Crippen molar-refractivity contribution in [3.8, 4) is 0 Å². The number of likely N-dealkylation sites (N-methyl/N-ethyl adjacent to an activating group) is 1. The molecule has 100 valence electrons. The lowest BCUT2D eigenvalue weighted by molar-refractivity contribution is 0.0711. The van der Waals surface area contributed by atoms with Crippen LogP contribution in [0.5, 0.6) is 0 Å². The lowest BCUT2D eigenvalue weighted by atomic mass is 9.87. The number of ketones is 1. The van der Waals surface area contributed by atoms with Gasteiger partial charge in [0.2, 0.25) is 0 Å². The Kier molecular flexibility index (Phi) is 3.72. The Morgan fingerprint density at radius 2 is 1.74 bits per heavy atom. The van der Waals surface area contributed by atoms with E-state index < -0.39 is 5.54 Å². The van der Waals surface area contributed by atoms with Crippen molar-refractivity contribution in [3.63, 3.8) is 0 Å². The molecule has 2 nitrogen and oxygen atoms in total. The van der Waals surface area contributed by atoms with Crippen molar-refractivity contribution in [2.45, 2.75) is 25.8 Å². The second kappa shape index (κ2) is 5.14. The summed E-state index contributed by atoms with van der Waals surface area (Å²) in [5.74, 6) is 0.186. The molecular weight excluding hydrogens is 234 g/mol. The zero-order valence-electron chi connectivity index (χ0n) is 12.1. The van der Waals surface area contributed by atoms with Gasteiger partial charge in [-0.25, -0.2) is 0 Å². The standard InChI is InChI=1S/C17H21NO/c1-5-17(2,18(3)4)16(19)15-11-10-13-8-6-7-9-14(13)12-15/h6-12H,5H2,1-4H3. The minimum Gasteiger partial charge on any atom is -0.297 e. The zero-order chi connectivity index (χ0) is 14.0. The van der Waals surface area contributed by atoms with Crippen LogP contribution in [0.15, 0.2) is 42.5 Å². The maximum Gasteiger partial charge on any atom is 0.182 e. The fourth-order valence-electron chi connectivity index (χ4n) is 2.32. The van der Waals surface area contributed by atoms with E-state index in [2.05, 4.69) is 13.0 Å². The minimum atomic E-state index is -0.442. The highest BCUT2D eigenvalue weighted by Gasteiger charge is 2.34. The number of Topliss-reactive ketones (excluding diaryl/α,β-unsaturated/α-hetero) is 1. The number of carbonyl (C=O) groups is 1. The molecule has 0 saturated carbocycles. The lowest BCUT2D eigenvalue weighted by Gasteiger charge is -2.34. The SMILES string of the molecule is CCC(C)(C(=O)c1ccc2ccccc2c1)N(C)C. The molecule has 2 heteroatoms. The van der Waals surface area contributed by atoms with Crippen molar-refractivity contribution < 1.29 is 4.79 Å². The molecule has 0 bridgehead atoms. The number of rotatable bonds is 4. The van der Waals surface area contributed by atoms with Crippen molar-refractivity contribution >= 4 is 16.6 Å². The van der Waals surface area contributed by atoms with Crippen molar-refractivity contribution in [2.75, 3.05) is 14.1 Å². The fraction of sp³-hybridized carbons (Fsp3) is 0.353. The van der Waals surface area contributed by atoms with Crippen LogP contribution in [0.3, 0.4) is 0 Å². The van der Waals surface area contributed by atoms with Crippen LogP contribution in [0.4, 0.5) is 0 Å². The first kappa shape index (κ1) is 13.8. The molecular formula is C17H21NO.